The molecule has 0 saturated carbocycles. The zero-order chi connectivity index (χ0) is 14.9. The van der Waals surface area contributed by atoms with Crippen molar-refractivity contribution < 1.29 is 0 Å². The SMILES string of the molecule is CCCCCCCCCC(C)CCCCCCCCN. The molecule has 2 N–H and O–H groups in total. The van der Waals surface area contributed by atoms with Gasteiger partial charge in [0.05, 0.1) is 0 Å². The third kappa shape index (κ3) is 16.0. The molecule has 1 unspecified atom stereocenters. The molecule has 1 nitrogen and oxygen atoms in total. The standard InChI is InChI=1S/C19H41N/c1-3-4-5-6-7-10-13-16-19(2)17-14-11-8-9-12-15-18-20/h19H,3-18,20H2,1-2H3. The van der Waals surface area contributed by atoms with Gasteiger partial charge in [-0.3, -0.25) is 0 Å². The second kappa shape index (κ2) is 17.0. The topological polar surface area (TPSA) is 26.0 Å². The third-order valence-electron chi connectivity index (χ3n) is 4.45. The summed E-state index contributed by atoms with van der Waals surface area (Å²) in [6.07, 6.45) is 21.3. The van der Waals surface area contributed by atoms with Crippen LogP contribution in [0.3, 0.4) is 0 Å². The average Bonchev–Trinajstić information content (AvgIpc) is 2.45. The van der Waals surface area contributed by atoms with Crippen LogP contribution in [0.5, 0.6) is 0 Å². The minimum Gasteiger partial charge on any atom is -0.330 e. The van der Waals surface area contributed by atoms with Gasteiger partial charge in [0.15, 0.2) is 0 Å². The van der Waals surface area contributed by atoms with E-state index in [0.717, 1.165) is 12.5 Å². The maximum absolute atomic E-state index is 5.50. The van der Waals surface area contributed by atoms with Gasteiger partial charge in [0.2, 0.25) is 0 Å². The summed E-state index contributed by atoms with van der Waals surface area (Å²) >= 11 is 0. The van der Waals surface area contributed by atoms with Gasteiger partial charge >= 0.3 is 0 Å². The molecule has 0 rings (SSSR count). The van der Waals surface area contributed by atoms with E-state index < -0.39 is 0 Å². The predicted molar refractivity (Wildman–Crippen MR) is 93.1 cm³/mol. The summed E-state index contributed by atoms with van der Waals surface area (Å²) in [6, 6.07) is 0. The molecule has 0 bridgehead atoms. The van der Waals surface area contributed by atoms with Crippen LogP contribution < -0.4 is 5.73 Å². The highest BCUT2D eigenvalue weighted by Crippen LogP contribution is 2.18. The highest BCUT2D eigenvalue weighted by molar-refractivity contribution is 4.56. The minimum absolute atomic E-state index is 0.871. The Labute approximate surface area is 129 Å². The van der Waals surface area contributed by atoms with Gasteiger partial charge in [0.1, 0.15) is 0 Å². The van der Waals surface area contributed by atoms with Crippen LogP contribution in [0.2, 0.25) is 0 Å². The Morgan fingerprint density at radius 2 is 1.00 bits per heavy atom. The zero-order valence-electron chi connectivity index (χ0n) is 14.5. The van der Waals surface area contributed by atoms with E-state index in [1.165, 1.54) is 96.3 Å². The van der Waals surface area contributed by atoms with Gasteiger partial charge in [-0.05, 0) is 18.9 Å². The second-order valence-electron chi connectivity index (χ2n) is 6.71. The van der Waals surface area contributed by atoms with Gasteiger partial charge in [-0.25, -0.2) is 0 Å². The number of unbranched alkanes of at least 4 members (excludes halogenated alkanes) is 11. The molecule has 0 aliphatic heterocycles. The maximum atomic E-state index is 5.50. The van der Waals surface area contributed by atoms with E-state index >= 15 is 0 Å². The van der Waals surface area contributed by atoms with Crippen LogP contribution in [-0.4, -0.2) is 6.54 Å². The first-order chi connectivity index (χ1) is 9.81. The van der Waals surface area contributed by atoms with E-state index in [-0.39, 0.29) is 0 Å². The molecule has 0 aromatic heterocycles. The monoisotopic (exact) mass is 283 g/mol. The van der Waals surface area contributed by atoms with Crippen molar-refractivity contribution in [3.05, 3.63) is 0 Å². The highest BCUT2D eigenvalue weighted by atomic mass is 14.5. The summed E-state index contributed by atoms with van der Waals surface area (Å²) in [5.74, 6) is 0.953. The molecule has 20 heavy (non-hydrogen) atoms. The summed E-state index contributed by atoms with van der Waals surface area (Å²) in [6.45, 7) is 5.61. The second-order valence-corrected chi connectivity index (χ2v) is 6.71. The molecule has 1 heteroatoms. The Balaban J connectivity index is 3.11. The van der Waals surface area contributed by atoms with Crippen LogP contribution in [0, 0.1) is 5.92 Å². The molecule has 0 amide bonds. The van der Waals surface area contributed by atoms with Crippen molar-refractivity contribution in [2.24, 2.45) is 11.7 Å². The lowest BCUT2D eigenvalue weighted by Crippen LogP contribution is -1.98. The molecule has 0 radical (unpaired) electrons. The van der Waals surface area contributed by atoms with Crippen molar-refractivity contribution in [2.75, 3.05) is 6.54 Å². The summed E-state index contributed by atoms with van der Waals surface area (Å²) in [5, 5.41) is 0. The molecule has 0 aromatic carbocycles. The van der Waals surface area contributed by atoms with E-state index in [4.69, 9.17) is 5.73 Å². The van der Waals surface area contributed by atoms with Crippen molar-refractivity contribution in [2.45, 2.75) is 110 Å². The van der Waals surface area contributed by atoms with Crippen LogP contribution in [-0.2, 0) is 0 Å². The summed E-state index contributed by atoms with van der Waals surface area (Å²) in [7, 11) is 0. The van der Waals surface area contributed by atoms with Gasteiger partial charge in [-0.1, -0.05) is 104 Å². The molecule has 0 saturated heterocycles. The first-order valence-electron chi connectivity index (χ1n) is 9.51. The lowest BCUT2D eigenvalue weighted by atomic mass is 9.96. The minimum atomic E-state index is 0.871. The Morgan fingerprint density at radius 1 is 0.600 bits per heavy atom. The average molecular weight is 284 g/mol. The molecule has 0 heterocycles. The van der Waals surface area contributed by atoms with E-state index in [1.54, 1.807) is 0 Å². The van der Waals surface area contributed by atoms with Gasteiger partial charge in [-0.15, -0.1) is 0 Å². The van der Waals surface area contributed by atoms with E-state index in [1.807, 2.05) is 0 Å². The van der Waals surface area contributed by atoms with E-state index in [9.17, 15) is 0 Å². The first-order valence-corrected chi connectivity index (χ1v) is 9.51. The Morgan fingerprint density at radius 3 is 1.45 bits per heavy atom. The summed E-state index contributed by atoms with van der Waals surface area (Å²) < 4.78 is 0. The highest BCUT2D eigenvalue weighted by Gasteiger charge is 2.02. The lowest BCUT2D eigenvalue weighted by Gasteiger charge is -2.11. The largest absolute Gasteiger partial charge is 0.330 e. The van der Waals surface area contributed by atoms with Gasteiger partial charge in [0.25, 0.3) is 0 Å². The Bertz CT molecular complexity index is 149. The first kappa shape index (κ1) is 20.0. The molecule has 0 fully saturated rings. The summed E-state index contributed by atoms with van der Waals surface area (Å²) in [5.41, 5.74) is 5.50. The summed E-state index contributed by atoms with van der Waals surface area (Å²) in [4.78, 5) is 0. The van der Waals surface area contributed by atoms with Crippen LogP contribution in [0.4, 0.5) is 0 Å². The van der Waals surface area contributed by atoms with Crippen molar-refractivity contribution in [1.29, 1.82) is 0 Å². The quantitative estimate of drug-likeness (QED) is 0.323. The van der Waals surface area contributed by atoms with E-state index in [0.29, 0.717) is 0 Å². The van der Waals surface area contributed by atoms with Crippen LogP contribution in [0.1, 0.15) is 110 Å². The van der Waals surface area contributed by atoms with Crippen molar-refractivity contribution >= 4 is 0 Å². The van der Waals surface area contributed by atoms with Crippen molar-refractivity contribution in [1.82, 2.24) is 0 Å². The fourth-order valence-electron chi connectivity index (χ4n) is 2.94. The maximum Gasteiger partial charge on any atom is -0.00773 e. The van der Waals surface area contributed by atoms with Gasteiger partial charge in [-0.2, -0.15) is 0 Å². The normalized spacial score (nSPS) is 12.8. The number of hydrogen-bond donors (Lipinski definition) is 1. The van der Waals surface area contributed by atoms with Crippen molar-refractivity contribution in [3.63, 3.8) is 0 Å². The van der Waals surface area contributed by atoms with Gasteiger partial charge in [0, 0.05) is 0 Å². The molecule has 0 spiro atoms. The van der Waals surface area contributed by atoms with Crippen LogP contribution in [0.25, 0.3) is 0 Å². The van der Waals surface area contributed by atoms with Crippen molar-refractivity contribution in [3.8, 4) is 0 Å². The Kier molecular flexibility index (Phi) is 17.0. The number of hydrogen-bond acceptors (Lipinski definition) is 1. The molecule has 0 aliphatic rings. The Hall–Kier alpha value is -0.0400. The van der Waals surface area contributed by atoms with Gasteiger partial charge < -0.3 is 5.73 Å². The molecular weight excluding hydrogens is 242 g/mol. The lowest BCUT2D eigenvalue weighted by molar-refractivity contribution is 0.431. The smallest absolute Gasteiger partial charge is 0.00773 e. The fraction of sp³-hybridized carbons (Fsp3) is 1.00. The molecule has 0 aliphatic carbocycles. The molecule has 1 atom stereocenters. The predicted octanol–water partition coefficient (Wildman–Crippen LogP) is 6.45. The fourth-order valence-corrected chi connectivity index (χ4v) is 2.94. The van der Waals surface area contributed by atoms with E-state index in [2.05, 4.69) is 13.8 Å². The zero-order valence-corrected chi connectivity index (χ0v) is 14.5. The molecule has 122 valence electrons. The number of rotatable bonds is 16. The molecular formula is C19H41N. The number of nitrogens with two attached hydrogens (primary N) is 1. The molecule has 0 aromatic rings. The van der Waals surface area contributed by atoms with Crippen LogP contribution >= 0.6 is 0 Å². The van der Waals surface area contributed by atoms with Crippen LogP contribution in [0.15, 0.2) is 0 Å². The third-order valence-corrected chi connectivity index (χ3v) is 4.45.